The lowest BCUT2D eigenvalue weighted by atomic mass is 9.66. The Bertz CT molecular complexity index is 611. The van der Waals surface area contributed by atoms with E-state index in [0.717, 1.165) is 24.2 Å². The van der Waals surface area contributed by atoms with Crippen molar-refractivity contribution in [2.45, 2.75) is 25.7 Å². The van der Waals surface area contributed by atoms with E-state index in [0.29, 0.717) is 13.0 Å². The van der Waals surface area contributed by atoms with Crippen molar-refractivity contribution in [1.29, 1.82) is 0 Å². The summed E-state index contributed by atoms with van der Waals surface area (Å²) in [6.45, 7) is 0.585. The molecule has 1 aromatic carbocycles. The molecular formula is C16H20N4O. The van der Waals surface area contributed by atoms with E-state index in [2.05, 4.69) is 10.4 Å². The number of hydrogen-bond donors (Lipinski definition) is 2. The van der Waals surface area contributed by atoms with Gasteiger partial charge in [0.1, 0.15) is 0 Å². The minimum Gasteiger partial charge on any atom is -0.330 e. The molecule has 1 fully saturated rings. The Kier molecular flexibility index (Phi) is 3.75. The molecule has 1 aromatic heterocycles. The van der Waals surface area contributed by atoms with Crippen LogP contribution in [0.2, 0.25) is 0 Å². The molecule has 110 valence electrons. The molecule has 5 heteroatoms. The quantitative estimate of drug-likeness (QED) is 0.885. The summed E-state index contributed by atoms with van der Waals surface area (Å²) >= 11 is 0. The van der Waals surface area contributed by atoms with Crippen molar-refractivity contribution in [3.63, 3.8) is 0 Å². The van der Waals surface area contributed by atoms with E-state index in [1.54, 1.807) is 10.9 Å². The highest BCUT2D eigenvalue weighted by atomic mass is 16.1. The van der Waals surface area contributed by atoms with Crippen LogP contribution in [0.5, 0.6) is 0 Å². The highest BCUT2D eigenvalue weighted by Gasteiger charge is 2.37. The first-order valence-electron chi connectivity index (χ1n) is 7.31. The molecule has 1 aliphatic rings. The zero-order valence-electron chi connectivity index (χ0n) is 12.0. The van der Waals surface area contributed by atoms with Gasteiger partial charge >= 0.3 is 0 Å². The number of benzene rings is 1. The number of para-hydroxylation sites is 2. The normalized spacial score (nSPS) is 16.2. The van der Waals surface area contributed by atoms with E-state index in [1.165, 1.54) is 6.42 Å². The monoisotopic (exact) mass is 284 g/mol. The molecular weight excluding hydrogens is 264 g/mol. The van der Waals surface area contributed by atoms with Gasteiger partial charge in [0, 0.05) is 18.8 Å². The van der Waals surface area contributed by atoms with Crippen molar-refractivity contribution >= 4 is 11.6 Å². The third kappa shape index (κ3) is 2.83. The maximum atomic E-state index is 12.3. The number of amides is 1. The van der Waals surface area contributed by atoms with Crippen molar-refractivity contribution < 1.29 is 4.79 Å². The summed E-state index contributed by atoms with van der Waals surface area (Å²) in [4.78, 5) is 12.3. The second-order valence-electron chi connectivity index (χ2n) is 5.75. The van der Waals surface area contributed by atoms with Crippen LogP contribution >= 0.6 is 0 Å². The Balaban J connectivity index is 1.75. The van der Waals surface area contributed by atoms with Gasteiger partial charge in [-0.2, -0.15) is 5.10 Å². The van der Waals surface area contributed by atoms with Gasteiger partial charge in [-0.3, -0.25) is 4.79 Å². The maximum Gasteiger partial charge on any atom is 0.225 e. The Morgan fingerprint density at radius 2 is 2.14 bits per heavy atom. The summed E-state index contributed by atoms with van der Waals surface area (Å²) in [5.41, 5.74) is 7.48. The minimum atomic E-state index is 0.0186. The molecule has 0 aliphatic heterocycles. The fourth-order valence-electron chi connectivity index (χ4n) is 2.86. The minimum absolute atomic E-state index is 0.0186. The summed E-state index contributed by atoms with van der Waals surface area (Å²) in [5, 5.41) is 7.22. The van der Waals surface area contributed by atoms with Crippen LogP contribution in [0, 0.1) is 5.41 Å². The van der Waals surface area contributed by atoms with E-state index in [1.807, 2.05) is 36.5 Å². The van der Waals surface area contributed by atoms with Gasteiger partial charge < -0.3 is 11.1 Å². The van der Waals surface area contributed by atoms with Gasteiger partial charge in [0.25, 0.3) is 0 Å². The van der Waals surface area contributed by atoms with Gasteiger partial charge in [-0.1, -0.05) is 18.6 Å². The summed E-state index contributed by atoms with van der Waals surface area (Å²) in [6, 6.07) is 9.52. The molecule has 0 atom stereocenters. The van der Waals surface area contributed by atoms with Crippen molar-refractivity contribution in [2.75, 3.05) is 11.9 Å². The van der Waals surface area contributed by atoms with Gasteiger partial charge in [-0.05, 0) is 43.0 Å². The molecule has 0 unspecified atom stereocenters. The molecule has 0 saturated heterocycles. The number of aromatic nitrogens is 2. The molecule has 1 saturated carbocycles. The predicted octanol–water partition coefficient (Wildman–Crippen LogP) is 2.33. The van der Waals surface area contributed by atoms with Crippen LogP contribution in [0.4, 0.5) is 5.69 Å². The van der Waals surface area contributed by atoms with Crippen molar-refractivity contribution in [3.8, 4) is 5.69 Å². The molecule has 5 nitrogen and oxygen atoms in total. The van der Waals surface area contributed by atoms with Gasteiger partial charge in [0.05, 0.1) is 11.4 Å². The molecule has 1 heterocycles. The fourth-order valence-corrected chi connectivity index (χ4v) is 2.86. The lowest BCUT2D eigenvalue weighted by molar-refractivity contribution is -0.119. The summed E-state index contributed by atoms with van der Waals surface area (Å²) < 4.78 is 1.75. The van der Waals surface area contributed by atoms with E-state index in [9.17, 15) is 4.79 Å². The molecule has 0 radical (unpaired) electrons. The second kappa shape index (κ2) is 5.69. The van der Waals surface area contributed by atoms with Crippen LogP contribution in [-0.4, -0.2) is 22.2 Å². The zero-order chi connectivity index (χ0) is 14.7. The average molecular weight is 284 g/mol. The van der Waals surface area contributed by atoms with Crippen molar-refractivity contribution in [1.82, 2.24) is 9.78 Å². The van der Waals surface area contributed by atoms with Crippen LogP contribution in [0.3, 0.4) is 0 Å². The number of nitrogens with one attached hydrogen (secondary N) is 1. The SMILES string of the molecule is NCC1(CC(=O)Nc2ccccc2-n2cccn2)CCC1. The lowest BCUT2D eigenvalue weighted by Crippen LogP contribution is -2.40. The number of anilines is 1. The van der Waals surface area contributed by atoms with E-state index in [4.69, 9.17) is 5.73 Å². The van der Waals surface area contributed by atoms with Gasteiger partial charge in [-0.25, -0.2) is 4.68 Å². The summed E-state index contributed by atoms with van der Waals surface area (Å²) in [6.07, 6.45) is 7.36. The summed E-state index contributed by atoms with van der Waals surface area (Å²) in [5.74, 6) is 0.0276. The van der Waals surface area contributed by atoms with Crippen LogP contribution in [-0.2, 0) is 4.79 Å². The number of hydrogen-bond acceptors (Lipinski definition) is 3. The Morgan fingerprint density at radius 3 is 2.76 bits per heavy atom. The largest absolute Gasteiger partial charge is 0.330 e. The van der Waals surface area contributed by atoms with Gasteiger partial charge in [0.2, 0.25) is 5.91 Å². The molecule has 0 spiro atoms. The van der Waals surface area contributed by atoms with E-state index < -0.39 is 0 Å². The highest BCUT2D eigenvalue weighted by Crippen LogP contribution is 2.43. The molecule has 0 bridgehead atoms. The Morgan fingerprint density at radius 1 is 1.33 bits per heavy atom. The first-order valence-corrected chi connectivity index (χ1v) is 7.31. The molecule has 3 N–H and O–H groups in total. The smallest absolute Gasteiger partial charge is 0.225 e. The zero-order valence-corrected chi connectivity index (χ0v) is 12.0. The molecule has 1 amide bonds. The average Bonchev–Trinajstić information content (AvgIpc) is 2.97. The van der Waals surface area contributed by atoms with Gasteiger partial charge in [-0.15, -0.1) is 0 Å². The molecule has 1 aliphatic carbocycles. The summed E-state index contributed by atoms with van der Waals surface area (Å²) in [7, 11) is 0. The first kappa shape index (κ1) is 13.8. The third-order valence-electron chi connectivity index (χ3n) is 4.31. The number of carbonyl (C=O) groups excluding carboxylic acids is 1. The van der Waals surface area contributed by atoms with Gasteiger partial charge in [0.15, 0.2) is 0 Å². The van der Waals surface area contributed by atoms with Crippen LogP contribution in [0.25, 0.3) is 5.69 Å². The Hall–Kier alpha value is -2.14. The number of nitrogens with zero attached hydrogens (tertiary/aromatic N) is 2. The topological polar surface area (TPSA) is 72.9 Å². The second-order valence-corrected chi connectivity index (χ2v) is 5.75. The number of carbonyl (C=O) groups is 1. The van der Waals surface area contributed by atoms with Crippen molar-refractivity contribution in [3.05, 3.63) is 42.7 Å². The predicted molar refractivity (Wildman–Crippen MR) is 82.1 cm³/mol. The fraction of sp³-hybridized carbons (Fsp3) is 0.375. The number of nitrogens with two attached hydrogens (primary N) is 1. The molecule has 3 rings (SSSR count). The highest BCUT2D eigenvalue weighted by molar-refractivity contribution is 5.93. The van der Waals surface area contributed by atoms with E-state index >= 15 is 0 Å². The van der Waals surface area contributed by atoms with E-state index in [-0.39, 0.29) is 11.3 Å². The standard InChI is InChI=1S/C16H20N4O/c17-12-16(7-3-8-16)11-15(21)19-13-5-1-2-6-14(13)20-10-4-9-18-20/h1-2,4-6,9-10H,3,7-8,11-12,17H2,(H,19,21). The lowest BCUT2D eigenvalue weighted by Gasteiger charge is -2.40. The molecule has 21 heavy (non-hydrogen) atoms. The molecule has 2 aromatic rings. The van der Waals surface area contributed by atoms with Crippen LogP contribution in [0.15, 0.2) is 42.7 Å². The van der Waals surface area contributed by atoms with Crippen LogP contribution < -0.4 is 11.1 Å². The maximum absolute atomic E-state index is 12.3. The van der Waals surface area contributed by atoms with Crippen molar-refractivity contribution in [2.24, 2.45) is 11.1 Å². The van der Waals surface area contributed by atoms with Crippen LogP contribution in [0.1, 0.15) is 25.7 Å². The number of rotatable bonds is 5. The Labute approximate surface area is 124 Å². The third-order valence-corrected chi connectivity index (χ3v) is 4.31. The first-order chi connectivity index (χ1) is 10.2.